The lowest BCUT2D eigenvalue weighted by molar-refractivity contribution is -0.384. The predicted octanol–water partition coefficient (Wildman–Crippen LogP) is 0.603. The molecule has 1 atom stereocenters. The second kappa shape index (κ2) is 6.66. The van der Waals surface area contributed by atoms with E-state index in [4.69, 9.17) is 10.5 Å². The minimum Gasteiger partial charge on any atom is -0.508 e. The Morgan fingerprint density at radius 2 is 2.32 bits per heavy atom. The number of nitrogens with two attached hydrogens (primary N) is 1. The first-order chi connectivity index (χ1) is 8.97. The number of phenolic OH excluding ortho intramolecular Hbond substituents is 1. The zero-order chi connectivity index (χ0) is 14.4. The highest BCUT2D eigenvalue weighted by molar-refractivity contribution is 5.93. The Kier molecular flexibility index (Phi) is 5.22. The number of carbonyl (C=O) groups is 1. The smallest absolute Gasteiger partial charge is 0.296 e. The number of aromatic hydroxyl groups is 1. The number of hydrogen-bond donors (Lipinski definition) is 3. The van der Waals surface area contributed by atoms with Crippen molar-refractivity contribution in [1.29, 1.82) is 0 Å². The van der Waals surface area contributed by atoms with Gasteiger partial charge in [0.1, 0.15) is 11.4 Å². The highest BCUT2D eigenvalue weighted by Crippen LogP contribution is 2.28. The van der Waals surface area contributed by atoms with Crippen molar-refractivity contribution in [3.05, 3.63) is 28.3 Å². The van der Waals surface area contributed by atoms with Gasteiger partial charge in [0.15, 0.2) is 0 Å². The molecule has 1 amide bonds. The van der Waals surface area contributed by atoms with Crippen molar-refractivity contribution in [2.24, 2.45) is 5.73 Å². The van der Waals surface area contributed by atoms with E-state index in [0.717, 1.165) is 6.07 Å². The van der Waals surface area contributed by atoms with Gasteiger partial charge < -0.3 is 20.9 Å². The lowest BCUT2D eigenvalue weighted by Crippen LogP contribution is -2.28. The van der Waals surface area contributed by atoms with E-state index < -0.39 is 16.9 Å². The number of phenols is 1. The lowest BCUT2D eigenvalue weighted by Gasteiger charge is -2.12. The summed E-state index contributed by atoms with van der Waals surface area (Å²) < 4.78 is 4.94. The van der Waals surface area contributed by atoms with Crippen LogP contribution in [0.25, 0.3) is 0 Å². The second-order valence-electron chi connectivity index (χ2n) is 3.80. The normalized spacial score (nSPS) is 11.9. The number of carbonyl (C=O) groups excluding carboxylic acids is 1. The summed E-state index contributed by atoms with van der Waals surface area (Å²) in [5, 5.41) is 22.4. The molecule has 0 spiro atoms. The van der Waals surface area contributed by atoms with E-state index in [1.165, 1.54) is 19.2 Å². The van der Waals surface area contributed by atoms with Gasteiger partial charge in [-0.3, -0.25) is 14.9 Å². The van der Waals surface area contributed by atoms with Gasteiger partial charge in [-0.2, -0.15) is 0 Å². The first-order valence-electron chi connectivity index (χ1n) is 5.48. The Morgan fingerprint density at radius 1 is 1.63 bits per heavy atom. The molecule has 19 heavy (non-hydrogen) atoms. The maximum atomic E-state index is 11.7. The Labute approximate surface area is 109 Å². The Hall–Kier alpha value is -2.19. The summed E-state index contributed by atoms with van der Waals surface area (Å²) in [5.74, 6) is -0.701. The van der Waals surface area contributed by atoms with Gasteiger partial charge in [0.25, 0.3) is 5.69 Å². The number of amides is 1. The number of nitro groups is 1. The van der Waals surface area contributed by atoms with Crippen LogP contribution in [0.3, 0.4) is 0 Å². The first-order valence-corrected chi connectivity index (χ1v) is 5.48. The predicted molar refractivity (Wildman–Crippen MR) is 67.9 cm³/mol. The molecule has 1 unspecified atom stereocenters. The lowest BCUT2D eigenvalue weighted by atomic mass is 10.2. The summed E-state index contributed by atoms with van der Waals surface area (Å²) in [6.45, 7) is 0.168. The second-order valence-corrected chi connectivity index (χ2v) is 3.80. The minimum absolute atomic E-state index is 0.00890. The summed E-state index contributed by atoms with van der Waals surface area (Å²) in [5.41, 5.74) is 5.01. The Balaban J connectivity index is 2.82. The number of nitrogens with zero attached hydrogens (tertiary/aromatic N) is 1. The van der Waals surface area contributed by atoms with Gasteiger partial charge in [-0.15, -0.1) is 0 Å². The topological polar surface area (TPSA) is 128 Å². The zero-order valence-electron chi connectivity index (χ0n) is 10.3. The Bertz CT molecular complexity index is 473. The van der Waals surface area contributed by atoms with Gasteiger partial charge >= 0.3 is 0 Å². The molecule has 0 aliphatic rings. The van der Waals surface area contributed by atoms with Crippen LogP contribution in [0.2, 0.25) is 0 Å². The van der Waals surface area contributed by atoms with Crippen molar-refractivity contribution in [2.75, 3.05) is 19.0 Å². The maximum Gasteiger partial charge on any atom is 0.296 e. The highest BCUT2D eigenvalue weighted by Gasteiger charge is 2.18. The van der Waals surface area contributed by atoms with E-state index in [0.29, 0.717) is 0 Å². The van der Waals surface area contributed by atoms with Crippen LogP contribution in [0.15, 0.2) is 18.2 Å². The molecule has 8 nitrogen and oxygen atoms in total. The van der Waals surface area contributed by atoms with Crippen molar-refractivity contribution in [1.82, 2.24) is 0 Å². The van der Waals surface area contributed by atoms with Crippen LogP contribution in [-0.4, -0.2) is 35.7 Å². The van der Waals surface area contributed by atoms with E-state index in [1.54, 1.807) is 0 Å². The van der Waals surface area contributed by atoms with E-state index >= 15 is 0 Å². The van der Waals surface area contributed by atoms with Crippen molar-refractivity contribution in [3.63, 3.8) is 0 Å². The van der Waals surface area contributed by atoms with Crippen LogP contribution in [0.4, 0.5) is 11.4 Å². The molecule has 104 valence electrons. The van der Waals surface area contributed by atoms with Crippen LogP contribution >= 0.6 is 0 Å². The van der Waals surface area contributed by atoms with Crippen LogP contribution in [0.1, 0.15) is 6.42 Å². The summed E-state index contributed by atoms with van der Waals surface area (Å²) >= 11 is 0. The van der Waals surface area contributed by atoms with Gasteiger partial charge in [-0.05, 0) is 12.1 Å². The molecular weight excluding hydrogens is 254 g/mol. The van der Waals surface area contributed by atoms with Crippen LogP contribution < -0.4 is 11.1 Å². The molecule has 0 saturated heterocycles. The average Bonchev–Trinajstić information content (AvgIpc) is 2.37. The molecule has 0 radical (unpaired) electrons. The molecule has 1 aromatic rings. The number of nitro benzene ring substituents is 1. The van der Waals surface area contributed by atoms with E-state index in [9.17, 15) is 20.0 Å². The third kappa shape index (κ3) is 4.19. The maximum absolute atomic E-state index is 11.7. The number of methoxy groups -OCH3 is 1. The van der Waals surface area contributed by atoms with Crippen molar-refractivity contribution >= 4 is 17.3 Å². The number of ether oxygens (including phenoxy) is 1. The standard InChI is InChI=1S/C11H15N3O5/c1-19-8(6-12)5-11(16)13-9-3-2-7(15)4-10(9)14(17)18/h2-4,8,15H,5-6,12H2,1H3,(H,13,16). The molecule has 0 saturated carbocycles. The fourth-order valence-corrected chi connectivity index (χ4v) is 1.45. The summed E-state index contributed by atoms with van der Waals surface area (Å²) in [4.78, 5) is 21.8. The molecule has 0 bridgehead atoms. The summed E-state index contributed by atoms with van der Waals surface area (Å²) in [6.07, 6.45) is -0.457. The van der Waals surface area contributed by atoms with E-state index in [-0.39, 0.29) is 30.1 Å². The fraction of sp³-hybridized carbons (Fsp3) is 0.364. The van der Waals surface area contributed by atoms with Gasteiger partial charge in [-0.25, -0.2) is 0 Å². The molecule has 1 rings (SSSR count). The number of hydrogen-bond acceptors (Lipinski definition) is 6. The molecule has 0 fully saturated rings. The summed E-state index contributed by atoms with van der Waals surface area (Å²) in [7, 11) is 1.42. The number of anilines is 1. The van der Waals surface area contributed by atoms with E-state index in [1.807, 2.05) is 0 Å². The van der Waals surface area contributed by atoms with Crippen molar-refractivity contribution in [3.8, 4) is 5.75 Å². The molecule has 0 aliphatic carbocycles. The number of benzene rings is 1. The quantitative estimate of drug-likeness (QED) is 0.394. The molecule has 0 aliphatic heterocycles. The van der Waals surface area contributed by atoms with Gasteiger partial charge in [0.05, 0.1) is 23.5 Å². The third-order valence-corrected chi connectivity index (χ3v) is 2.46. The SMILES string of the molecule is COC(CN)CC(=O)Nc1ccc(O)cc1[N+](=O)[O-]. The van der Waals surface area contributed by atoms with Crippen LogP contribution in [0.5, 0.6) is 5.75 Å². The molecule has 0 aromatic heterocycles. The van der Waals surface area contributed by atoms with Crippen molar-refractivity contribution < 1.29 is 19.6 Å². The number of nitrogens with one attached hydrogen (secondary N) is 1. The molecule has 4 N–H and O–H groups in total. The number of rotatable bonds is 6. The van der Waals surface area contributed by atoms with Gasteiger partial charge in [-0.1, -0.05) is 0 Å². The van der Waals surface area contributed by atoms with Crippen LogP contribution in [-0.2, 0) is 9.53 Å². The van der Waals surface area contributed by atoms with Gasteiger partial charge in [0, 0.05) is 13.7 Å². The molecular formula is C11H15N3O5. The van der Waals surface area contributed by atoms with Crippen LogP contribution in [0, 0.1) is 10.1 Å². The summed E-state index contributed by atoms with van der Waals surface area (Å²) in [6, 6.07) is 3.47. The van der Waals surface area contributed by atoms with E-state index in [2.05, 4.69) is 5.32 Å². The monoisotopic (exact) mass is 269 g/mol. The fourth-order valence-electron chi connectivity index (χ4n) is 1.45. The van der Waals surface area contributed by atoms with Gasteiger partial charge in [0.2, 0.25) is 5.91 Å². The Morgan fingerprint density at radius 3 is 2.84 bits per heavy atom. The average molecular weight is 269 g/mol. The third-order valence-electron chi connectivity index (χ3n) is 2.46. The van der Waals surface area contributed by atoms with Crippen molar-refractivity contribution in [2.45, 2.75) is 12.5 Å². The highest BCUT2D eigenvalue weighted by atomic mass is 16.6. The molecule has 8 heteroatoms. The zero-order valence-corrected chi connectivity index (χ0v) is 10.3. The first kappa shape index (κ1) is 14.9. The largest absolute Gasteiger partial charge is 0.508 e. The molecule has 0 heterocycles. The minimum atomic E-state index is -0.688. The molecule has 1 aromatic carbocycles.